The number of aliphatic hydroxyl groups is 1. The first kappa shape index (κ1) is 9.51. The molecule has 0 radical (unpaired) electrons. The maximum atomic E-state index is 9.48. The molecule has 0 spiro atoms. The highest BCUT2D eigenvalue weighted by atomic mass is 32.1. The Hall–Kier alpha value is -0.580. The van der Waals surface area contributed by atoms with Crippen molar-refractivity contribution in [3.63, 3.8) is 0 Å². The van der Waals surface area contributed by atoms with Crippen molar-refractivity contribution in [2.24, 2.45) is 0 Å². The molecule has 1 unspecified atom stereocenters. The van der Waals surface area contributed by atoms with E-state index in [1.165, 1.54) is 11.3 Å². The van der Waals surface area contributed by atoms with Gasteiger partial charge in [0.15, 0.2) is 6.29 Å². The maximum Gasteiger partial charge on any atom is 0.184 e. The molecule has 0 amide bonds. The fourth-order valence-electron chi connectivity index (χ4n) is 1.03. The topological polar surface area (TPSA) is 55.5 Å². The molecule has 0 saturated carbocycles. The number of aryl methyl sites for hydroxylation is 1. The van der Waals surface area contributed by atoms with Gasteiger partial charge in [-0.25, -0.2) is 0 Å². The molecule has 68 valence electrons. The Morgan fingerprint density at radius 1 is 1.75 bits per heavy atom. The van der Waals surface area contributed by atoms with E-state index in [0.29, 0.717) is 17.2 Å². The van der Waals surface area contributed by atoms with Gasteiger partial charge in [-0.05, 0) is 24.8 Å². The lowest BCUT2D eigenvalue weighted by Gasteiger charge is -2.10. The van der Waals surface area contributed by atoms with Crippen LogP contribution in [-0.4, -0.2) is 11.7 Å². The van der Waals surface area contributed by atoms with E-state index in [4.69, 9.17) is 10.5 Å². The maximum absolute atomic E-state index is 9.48. The number of thiophene rings is 1. The minimum Gasteiger partial charge on any atom is -0.390 e. The predicted molar refractivity (Wildman–Crippen MR) is 50.1 cm³/mol. The highest BCUT2D eigenvalue weighted by Gasteiger charge is 2.14. The first-order valence-electron chi connectivity index (χ1n) is 3.80. The molecule has 3 N–H and O–H groups in total. The Morgan fingerprint density at radius 2 is 2.42 bits per heavy atom. The Labute approximate surface area is 75.8 Å². The summed E-state index contributed by atoms with van der Waals surface area (Å²) in [5, 5.41) is 12.0. The molecule has 0 aliphatic heterocycles. The van der Waals surface area contributed by atoms with E-state index >= 15 is 0 Å². The second-order valence-corrected chi connectivity index (χ2v) is 3.42. The summed E-state index contributed by atoms with van der Waals surface area (Å²) in [5.41, 5.74) is 7.35. The Kier molecular flexibility index (Phi) is 3.08. The molecule has 1 rings (SSSR count). The largest absolute Gasteiger partial charge is 0.390 e. The molecule has 3 nitrogen and oxygen atoms in total. The van der Waals surface area contributed by atoms with Gasteiger partial charge in [0.05, 0.1) is 5.00 Å². The third-order valence-corrected chi connectivity index (χ3v) is 2.57. The number of aliphatic hydroxyl groups excluding tert-OH is 1. The SMILES string of the molecule is CCOC(O)c1c(C)csc1N. The number of rotatable bonds is 3. The van der Waals surface area contributed by atoms with E-state index in [2.05, 4.69) is 0 Å². The Morgan fingerprint density at radius 3 is 2.83 bits per heavy atom. The van der Waals surface area contributed by atoms with Crippen LogP contribution in [0.15, 0.2) is 5.38 Å². The number of hydrogen-bond donors (Lipinski definition) is 2. The molecule has 1 aromatic heterocycles. The van der Waals surface area contributed by atoms with Crippen molar-refractivity contribution in [2.45, 2.75) is 20.1 Å². The smallest absolute Gasteiger partial charge is 0.184 e. The summed E-state index contributed by atoms with van der Waals surface area (Å²) in [5.74, 6) is 0. The molecule has 1 aromatic rings. The molecule has 12 heavy (non-hydrogen) atoms. The summed E-state index contributed by atoms with van der Waals surface area (Å²) in [6.45, 7) is 4.22. The van der Waals surface area contributed by atoms with Gasteiger partial charge in [0.2, 0.25) is 0 Å². The van der Waals surface area contributed by atoms with Gasteiger partial charge >= 0.3 is 0 Å². The molecule has 0 bridgehead atoms. The highest BCUT2D eigenvalue weighted by Crippen LogP contribution is 2.30. The molecule has 0 aromatic carbocycles. The number of nitrogens with two attached hydrogens (primary N) is 1. The first-order chi connectivity index (χ1) is 5.66. The fraction of sp³-hybridized carbons (Fsp3) is 0.500. The second-order valence-electron chi connectivity index (χ2n) is 2.50. The molecule has 0 fully saturated rings. The molecule has 0 saturated heterocycles. The van der Waals surface area contributed by atoms with Crippen molar-refractivity contribution in [3.05, 3.63) is 16.5 Å². The van der Waals surface area contributed by atoms with Gasteiger partial charge in [-0.2, -0.15) is 0 Å². The van der Waals surface area contributed by atoms with Crippen molar-refractivity contribution in [1.29, 1.82) is 0 Å². The van der Waals surface area contributed by atoms with Crippen molar-refractivity contribution in [1.82, 2.24) is 0 Å². The minimum absolute atomic E-state index is 0.482. The van der Waals surface area contributed by atoms with Gasteiger partial charge in [-0.3, -0.25) is 0 Å². The fourth-order valence-corrected chi connectivity index (χ4v) is 1.85. The molecule has 1 heterocycles. The molecule has 0 aliphatic carbocycles. The van der Waals surface area contributed by atoms with E-state index in [1.807, 2.05) is 19.2 Å². The molecule has 0 aliphatic rings. The van der Waals surface area contributed by atoms with Crippen LogP contribution in [0.3, 0.4) is 0 Å². The van der Waals surface area contributed by atoms with E-state index in [0.717, 1.165) is 5.56 Å². The van der Waals surface area contributed by atoms with Crippen LogP contribution in [0.25, 0.3) is 0 Å². The predicted octanol–water partition coefficient (Wildman–Crippen LogP) is 1.67. The van der Waals surface area contributed by atoms with Crippen LogP contribution in [0.4, 0.5) is 5.00 Å². The zero-order valence-corrected chi connectivity index (χ0v) is 8.02. The van der Waals surface area contributed by atoms with Crippen LogP contribution in [0.1, 0.15) is 24.3 Å². The first-order valence-corrected chi connectivity index (χ1v) is 4.68. The van der Waals surface area contributed by atoms with Crippen LogP contribution < -0.4 is 5.73 Å². The van der Waals surface area contributed by atoms with E-state index in [-0.39, 0.29) is 0 Å². The highest BCUT2D eigenvalue weighted by molar-refractivity contribution is 7.14. The third-order valence-electron chi connectivity index (χ3n) is 1.62. The van der Waals surface area contributed by atoms with Crippen LogP contribution >= 0.6 is 11.3 Å². The molecule has 4 heteroatoms. The summed E-state index contributed by atoms with van der Waals surface area (Å²) >= 11 is 1.42. The minimum atomic E-state index is -0.874. The van der Waals surface area contributed by atoms with Crippen LogP contribution in [0.5, 0.6) is 0 Å². The van der Waals surface area contributed by atoms with Gasteiger partial charge < -0.3 is 15.6 Å². The van der Waals surface area contributed by atoms with Crippen molar-refractivity contribution in [3.8, 4) is 0 Å². The molecular formula is C8H13NO2S. The van der Waals surface area contributed by atoms with Gasteiger partial charge in [0.1, 0.15) is 0 Å². The lowest BCUT2D eigenvalue weighted by Crippen LogP contribution is -2.05. The van der Waals surface area contributed by atoms with Crippen LogP contribution in [0, 0.1) is 6.92 Å². The second kappa shape index (κ2) is 3.89. The molecular weight excluding hydrogens is 174 g/mol. The summed E-state index contributed by atoms with van der Waals surface area (Å²) < 4.78 is 5.03. The average Bonchev–Trinajstić information content (AvgIpc) is 2.32. The van der Waals surface area contributed by atoms with Crippen LogP contribution in [-0.2, 0) is 4.74 Å². The quantitative estimate of drug-likeness (QED) is 0.708. The van der Waals surface area contributed by atoms with Gasteiger partial charge in [0, 0.05) is 12.2 Å². The summed E-state index contributed by atoms with van der Waals surface area (Å²) in [6.07, 6.45) is -0.874. The summed E-state index contributed by atoms with van der Waals surface area (Å²) in [4.78, 5) is 0. The van der Waals surface area contributed by atoms with Crippen LogP contribution in [0.2, 0.25) is 0 Å². The lowest BCUT2D eigenvalue weighted by atomic mass is 10.2. The van der Waals surface area contributed by atoms with Gasteiger partial charge in [-0.1, -0.05) is 0 Å². The normalized spacial score (nSPS) is 13.2. The summed E-state index contributed by atoms with van der Waals surface area (Å²) in [7, 11) is 0. The summed E-state index contributed by atoms with van der Waals surface area (Å²) in [6, 6.07) is 0. The Bertz CT molecular complexity index is 240. The standard InChI is InChI=1S/C8H13NO2S/c1-3-11-8(10)6-5(2)4-12-7(6)9/h4,8,10H,3,9H2,1-2H3. The third kappa shape index (κ3) is 1.77. The number of anilines is 1. The zero-order chi connectivity index (χ0) is 9.14. The number of nitrogen functional groups attached to an aromatic ring is 1. The van der Waals surface area contributed by atoms with E-state index < -0.39 is 6.29 Å². The van der Waals surface area contributed by atoms with Crippen molar-refractivity contribution in [2.75, 3.05) is 12.3 Å². The Balaban J connectivity index is 2.85. The monoisotopic (exact) mass is 187 g/mol. The lowest BCUT2D eigenvalue weighted by molar-refractivity contribution is -0.0975. The number of ether oxygens (including phenoxy) is 1. The molecule has 1 atom stereocenters. The van der Waals surface area contributed by atoms with E-state index in [1.54, 1.807) is 0 Å². The van der Waals surface area contributed by atoms with Crippen molar-refractivity contribution >= 4 is 16.3 Å². The van der Waals surface area contributed by atoms with E-state index in [9.17, 15) is 5.11 Å². The number of hydrogen-bond acceptors (Lipinski definition) is 4. The average molecular weight is 187 g/mol. The van der Waals surface area contributed by atoms with Gasteiger partial charge in [-0.15, -0.1) is 11.3 Å². The van der Waals surface area contributed by atoms with Crippen molar-refractivity contribution < 1.29 is 9.84 Å². The zero-order valence-electron chi connectivity index (χ0n) is 7.20. The van der Waals surface area contributed by atoms with Gasteiger partial charge in [0.25, 0.3) is 0 Å².